The molecular formula is C17H30N4. The van der Waals surface area contributed by atoms with E-state index in [2.05, 4.69) is 41.9 Å². The van der Waals surface area contributed by atoms with Gasteiger partial charge in [-0.1, -0.05) is 20.3 Å². The lowest BCUT2D eigenvalue weighted by Gasteiger charge is -2.36. The van der Waals surface area contributed by atoms with Gasteiger partial charge >= 0.3 is 0 Å². The highest BCUT2D eigenvalue weighted by Crippen LogP contribution is 2.31. The van der Waals surface area contributed by atoms with Crippen molar-refractivity contribution < 1.29 is 0 Å². The van der Waals surface area contributed by atoms with Gasteiger partial charge in [-0.15, -0.1) is 0 Å². The van der Waals surface area contributed by atoms with E-state index in [-0.39, 0.29) is 0 Å². The Morgan fingerprint density at radius 2 is 2.00 bits per heavy atom. The highest BCUT2D eigenvalue weighted by atomic mass is 15.3. The standard InChI is InChI=1S/C17H30N4/c1-4-6-9-21-12-13(5-2)19-17(21)20(3)16-10-14-7-8-15(11-16)18-14/h12,14-16,18H,4-11H2,1-3H3. The average molecular weight is 290 g/mol. The summed E-state index contributed by atoms with van der Waals surface area (Å²) >= 11 is 0. The smallest absolute Gasteiger partial charge is 0.205 e. The van der Waals surface area contributed by atoms with Gasteiger partial charge in [0.05, 0.1) is 5.69 Å². The second kappa shape index (κ2) is 6.39. The van der Waals surface area contributed by atoms with Crippen LogP contribution in [0.1, 0.15) is 58.1 Å². The van der Waals surface area contributed by atoms with Crippen molar-refractivity contribution in [3.8, 4) is 0 Å². The van der Waals surface area contributed by atoms with Crippen LogP contribution in [0, 0.1) is 0 Å². The van der Waals surface area contributed by atoms with Crippen LogP contribution in [0.5, 0.6) is 0 Å². The number of hydrogen-bond donors (Lipinski definition) is 1. The lowest BCUT2D eigenvalue weighted by molar-refractivity contribution is 0.351. The summed E-state index contributed by atoms with van der Waals surface area (Å²) < 4.78 is 2.38. The van der Waals surface area contributed by atoms with E-state index < -0.39 is 0 Å². The molecule has 3 heterocycles. The number of nitrogens with zero attached hydrogens (tertiary/aromatic N) is 3. The summed E-state index contributed by atoms with van der Waals surface area (Å²) in [5, 5.41) is 3.74. The molecule has 0 aromatic carbocycles. The van der Waals surface area contributed by atoms with Crippen molar-refractivity contribution in [1.29, 1.82) is 0 Å². The Hall–Kier alpha value is -1.03. The van der Waals surface area contributed by atoms with E-state index in [1.807, 2.05) is 0 Å². The zero-order valence-corrected chi connectivity index (χ0v) is 13.8. The quantitative estimate of drug-likeness (QED) is 0.874. The molecule has 2 atom stereocenters. The molecule has 3 rings (SSSR count). The Bertz CT molecular complexity index is 455. The van der Waals surface area contributed by atoms with Crippen molar-refractivity contribution in [3.05, 3.63) is 11.9 Å². The summed E-state index contributed by atoms with van der Waals surface area (Å²) in [6.45, 7) is 5.55. The van der Waals surface area contributed by atoms with E-state index >= 15 is 0 Å². The molecular weight excluding hydrogens is 260 g/mol. The molecule has 0 aliphatic carbocycles. The molecule has 0 saturated carbocycles. The van der Waals surface area contributed by atoms with Crippen LogP contribution in [0.2, 0.25) is 0 Å². The molecule has 2 saturated heterocycles. The molecule has 118 valence electrons. The molecule has 2 unspecified atom stereocenters. The fourth-order valence-corrected chi connectivity index (χ4v) is 3.91. The van der Waals surface area contributed by atoms with Crippen LogP contribution in [0.15, 0.2) is 6.20 Å². The number of imidazole rings is 1. The first-order valence-electron chi connectivity index (χ1n) is 8.76. The number of aryl methyl sites for hydroxylation is 2. The van der Waals surface area contributed by atoms with Gasteiger partial charge in [0.25, 0.3) is 0 Å². The van der Waals surface area contributed by atoms with Crippen molar-refractivity contribution in [2.24, 2.45) is 0 Å². The molecule has 1 aromatic rings. The van der Waals surface area contributed by atoms with E-state index in [0.29, 0.717) is 6.04 Å². The molecule has 2 fully saturated rings. The third-order valence-electron chi connectivity index (χ3n) is 5.23. The van der Waals surface area contributed by atoms with Gasteiger partial charge < -0.3 is 14.8 Å². The fourth-order valence-electron chi connectivity index (χ4n) is 3.91. The Morgan fingerprint density at radius 1 is 1.29 bits per heavy atom. The minimum absolute atomic E-state index is 0.649. The molecule has 21 heavy (non-hydrogen) atoms. The van der Waals surface area contributed by atoms with Crippen LogP contribution in [-0.4, -0.2) is 34.7 Å². The van der Waals surface area contributed by atoms with Crippen molar-refractivity contribution >= 4 is 5.95 Å². The van der Waals surface area contributed by atoms with Gasteiger partial charge in [-0.25, -0.2) is 4.98 Å². The number of piperidine rings is 1. The van der Waals surface area contributed by atoms with E-state index in [1.54, 1.807) is 0 Å². The molecule has 1 aromatic heterocycles. The van der Waals surface area contributed by atoms with Crippen LogP contribution in [0.4, 0.5) is 5.95 Å². The Balaban J connectivity index is 1.76. The molecule has 1 N–H and O–H groups in total. The lowest BCUT2D eigenvalue weighted by Crippen LogP contribution is -2.47. The monoisotopic (exact) mass is 290 g/mol. The highest BCUT2D eigenvalue weighted by molar-refractivity contribution is 5.35. The first kappa shape index (κ1) is 14.9. The van der Waals surface area contributed by atoms with Gasteiger partial charge in [0.2, 0.25) is 5.95 Å². The van der Waals surface area contributed by atoms with Gasteiger partial charge in [-0.2, -0.15) is 0 Å². The number of aromatic nitrogens is 2. The van der Waals surface area contributed by atoms with Crippen molar-refractivity contribution in [2.75, 3.05) is 11.9 Å². The van der Waals surface area contributed by atoms with Crippen LogP contribution in [-0.2, 0) is 13.0 Å². The second-order valence-corrected chi connectivity index (χ2v) is 6.81. The number of unbranched alkanes of at least 4 members (excludes halogenated alkanes) is 1. The molecule has 0 spiro atoms. The zero-order chi connectivity index (χ0) is 14.8. The highest BCUT2D eigenvalue weighted by Gasteiger charge is 2.36. The number of anilines is 1. The summed E-state index contributed by atoms with van der Waals surface area (Å²) in [5.41, 5.74) is 1.23. The van der Waals surface area contributed by atoms with Crippen molar-refractivity contribution in [2.45, 2.75) is 83.5 Å². The first-order chi connectivity index (χ1) is 10.2. The molecule has 2 aliphatic rings. The van der Waals surface area contributed by atoms with Gasteiger partial charge in [0.15, 0.2) is 0 Å². The maximum absolute atomic E-state index is 4.90. The third-order valence-corrected chi connectivity index (χ3v) is 5.23. The summed E-state index contributed by atoms with van der Waals surface area (Å²) in [6.07, 6.45) is 11.0. The number of hydrogen-bond acceptors (Lipinski definition) is 3. The minimum Gasteiger partial charge on any atom is -0.342 e. The maximum atomic E-state index is 4.90. The largest absolute Gasteiger partial charge is 0.342 e. The third kappa shape index (κ3) is 3.10. The maximum Gasteiger partial charge on any atom is 0.205 e. The van der Waals surface area contributed by atoms with E-state index in [0.717, 1.165) is 25.0 Å². The number of rotatable bonds is 6. The van der Waals surface area contributed by atoms with Gasteiger partial charge in [-0.05, 0) is 38.5 Å². The van der Waals surface area contributed by atoms with E-state index in [9.17, 15) is 0 Å². The van der Waals surface area contributed by atoms with Crippen molar-refractivity contribution in [1.82, 2.24) is 14.9 Å². The topological polar surface area (TPSA) is 33.1 Å². The second-order valence-electron chi connectivity index (χ2n) is 6.81. The lowest BCUT2D eigenvalue weighted by atomic mass is 9.99. The molecule has 4 heteroatoms. The average Bonchev–Trinajstić information content (AvgIpc) is 3.07. The van der Waals surface area contributed by atoms with Crippen LogP contribution < -0.4 is 10.2 Å². The van der Waals surface area contributed by atoms with Crippen molar-refractivity contribution in [3.63, 3.8) is 0 Å². The molecule has 2 aliphatic heterocycles. The SMILES string of the molecule is CCCCn1cc(CC)nc1N(C)C1CC2CCC(C1)N2. The molecule has 4 nitrogen and oxygen atoms in total. The number of fused-ring (bicyclic) bond motifs is 2. The number of nitrogens with one attached hydrogen (secondary N) is 1. The normalized spacial score (nSPS) is 28.0. The van der Waals surface area contributed by atoms with Gasteiger partial charge in [0, 0.05) is 37.9 Å². The summed E-state index contributed by atoms with van der Waals surface area (Å²) in [6, 6.07) is 2.12. The predicted molar refractivity (Wildman–Crippen MR) is 87.9 cm³/mol. The van der Waals surface area contributed by atoms with Crippen LogP contribution >= 0.6 is 0 Å². The molecule has 2 bridgehead atoms. The minimum atomic E-state index is 0.649. The van der Waals surface area contributed by atoms with Crippen LogP contribution in [0.25, 0.3) is 0 Å². The Kier molecular flexibility index (Phi) is 4.53. The van der Waals surface area contributed by atoms with Crippen LogP contribution in [0.3, 0.4) is 0 Å². The van der Waals surface area contributed by atoms with Gasteiger partial charge in [0.1, 0.15) is 0 Å². The van der Waals surface area contributed by atoms with E-state index in [4.69, 9.17) is 4.98 Å². The summed E-state index contributed by atoms with van der Waals surface area (Å²) in [5.74, 6) is 1.19. The molecule has 0 amide bonds. The Labute approximate surface area is 128 Å². The van der Waals surface area contributed by atoms with E-state index in [1.165, 1.54) is 50.2 Å². The van der Waals surface area contributed by atoms with Gasteiger partial charge in [-0.3, -0.25) is 0 Å². The predicted octanol–water partition coefficient (Wildman–Crippen LogP) is 2.96. The molecule has 0 radical (unpaired) electrons. The fraction of sp³-hybridized carbons (Fsp3) is 0.824. The summed E-state index contributed by atoms with van der Waals surface area (Å²) in [7, 11) is 2.25. The Morgan fingerprint density at radius 3 is 2.62 bits per heavy atom. The zero-order valence-electron chi connectivity index (χ0n) is 13.8. The summed E-state index contributed by atoms with van der Waals surface area (Å²) in [4.78, 5) is 7.35. The first-order valence-corrected chi connectivity index (χ1v) is 8.76.